The molecule has 2 N–H and O–H groups in total. The van der Waals surface area contributed by atoms with Crippen molar-refractivity contribution in [2.75, 3.05) is 37.0 Å². The minimum absolute atomic E-state index is 0.308. The van der Waals surface area contributed by atoms with Crippen molar-refractivity contribution >= 4 is 11.5 Å². The second kappa shape index (κ2) is 4.70. The SMILES string of the molecule is CN(C)c1ccc(N2CCCC(N)C2)cn1. The van der Waals surface area contributed by atoms with Gasteiger partial charge in [0, 0.05) is 33.2 Å². The third-order valence-corrected chi connectivity index (χ3v) is 3.01. The molecule has 1 aliphatic heterocycles. The second-order valence-corrected chi connectivity index (χ2v) is 4.62. The Kier molecular flexibility index (Phi) is 3.29. The van der Waals surface area contributed by atoms with E-state index in [9.17, 15) is 0 Å². The van der Waals surface area contributed by atoms with E-state index in [4.69, 9.17) is 5.73 Å². The number of rotatable bonds is 2. The van der Waals surface area contributed by atoms with Crippen LogP contribution in [0, 0.1) is 0 Å². The molecule has 1 aromatic rings. The van der Waals surface area contributed by atoms with Crippen LogP contribution < -0.4 is 15.5 Å². The molecule has 1 unspecified atom stereocenters. The molecular weight excluding hydrogens is 200 g/mol. The Morgan fingerprint density at radius 3 is 2.81 bits per heavy atom. The molecule has 0 amide bonds. The average Bonchev–Trinajstić information content (AvgIpc) is 2.29. The monoisotopic (exact) mass is 220 g/mol. The van der Waals surface area contributed by atoms with Gasteiger partial charge in [-0.1, -0.05) is 0 Å². The van der Waals surface area contributed by atoms with Crippen LogP contribution >= 0.6 is 0 Å². The van der Waals surface area contributed by atoms with Crippen molar-refractivity contribution in [3.63, 3.8) is 0 Å². The zero-order valence-electron chi connectivity index (χ0n) is 10.1. The van der Waals surface area contributed by atoms with E-state index in [0.717, 1.165) is 25.3 Å². The highest BCUT2D eigenvalue weighted by Gasteiger charge is 2.16. The molecule has 0 saturated carbocycles. The van der Waals surface area contributed by atoms with Crippen LogP contribution in [0.2, 0.25) is 0 Å². The molecule has 2 heterocycles. The minimum atomic E-state index is 0.308. The molecule has 0 aliphatic carbocycles. The van der Waals surface area contributed by atoms with E-state index in [1.807, 2.05) is 25.2 Å². The summed E-state index contributed by atoms with van der Waals surface area (Å²) in [6.45, 7) is 2.04. The summed E-state index contributed by atoms with van der Waals surface area (Å²) in [5.41, 5.74) is 7.15. The normalized spacial score (nSPS) is 20.9. The molecule has 0 radical (unpaired) electrons. The maximum Gasteiger partial charge on any atom is 0.128 e. The molecule has 88 valence electrons. The lowest BCUT2D eigenvalue weighted by molar-refractivity contribution is 0.506. The molecular formula is C12H20N4. The zero-order valence-corrected chi connectivity index (χ0v) is 10.1. The number of anilines is 2. The van der Waals surface area contributed by atoms with E-state index < -0.39 is 0 Å². The number of pyridine rings is 1. The van der Waals surface area contributed by atoms with Gasteiger partial charge in [-0.3, -0.25) is 0 Å². The van der Waals surface area contributed by atoms with Crippen LogP contribution in [-0.4, -0.2) is 38.2 Å². The van der Waals surface area contributed by atoms with Crippen LogP contribution in [0.15, 0.2) is 18.3 Å². The Morgan fingerprint density at radius 2 is 2.25 bits per heavy atom. The highest BCUT2D eigenvalue weighted by Crippen LogP contribution is 2.20. The molecule has 16 heavy (non-hydrogen) atoms. The molecule has 0 bridgehead atoms. The fourth-order valence-corrected chi connectivity index (χ4v) is 2.07. The first-order valence-corrected chi connectivity index (χ1v) is 5.81. The summed E-state index contributed by atoms with van der Waals surface area (Å²) < 4.78 is 0. The number of aromatic nitrogens is 1. The Hall–Kier alpha value is -1.29. The van der Waals surface area contributed by atoms with E-state index in [-0.39, 0.29) is 0 Å². The summed E-state index contributed by atoms with van der Waals surface area (Å²) in [6.07, 6.45) is 4.25. The predicted octanol–water partition coefficient (Wildman–Crippen LogP) is 1.08. The van der Waals surface area contributed by atoms with Crippen molar-refractivity contribution in [3.05, 3.63) is 18.3 Å². The average molecular weight is 220 g/mol. The zero-order chi connectivity index (χ0) is 11.5. The molecule has 1 aliphatic rings. The Bertz CT molecular complexity index is 333. The maximum atomic E-state index is 5.97. The largest absolute Gasteiger partial charge is 0.369 e. The summed E-state index contributed by atoms with van der Waals surface area (Å²) in [6, 6.07) is 4.48. The highest BCUT2D eigenvalue weighted by molar-refractivity contribution is 5.50. The fraction of sp³-hybridized carbons (Fsp3) is 0.583. The van der Waals surface area contributed by atoms with Gasteiger partial charge in [0.2, 0.25) is 0 Å². The lowest BCUT2D eigenvalue weighted by atomic mass is 10.1. The smallest absolute Gasteiger partial charge is 0.128 e. The van der Waals surface area contributed by atoms with Crippen LogP contribution in [0.25, 0.3) is 0 Å². The van der Waals surface area contributed by atoms with E-state index in [1.54, 1.807) is 0 Å². The summed E-state index contributed by atoms with van der Waals surface area (Å²) in [4.78, 5) is 8.75. The molecule has 0 spiro atoms. The molecule has 2 rings (SSSR count). The van der Waals surface area contributed by atoms with E-state index >= 15 is 0 Å². The van der Waals surface area contributed by atoms with E-state index in [2.05, 4.69) is 22.0 Å². The van der Waals surface area contributed by atoms with Crippen molar-refractivity contribution < 1.29 is 0 Å². The van der Waals surface area contributed by atoms with Crippen molar-refractivity contribution in [1.29, 1.82) is 0 Å². The molecule has 1 fully saturated rings. The third kappa shape index (κ3) is 2.44. The fourth-order valence-electron chi connectivity index (χ4n) is 2.07. The van der Waals surface area contributed by atoms with Crippen molar-refractivity contribution in [1.82, 2.24) is 4.98 Å². The standard InChI is InChI=1S/C12H20N4/c1-15(2)12-6-5-11(8-14-12)16-7-3-4-10(13)9-16/h5-6,8,10H,3-4,7,9,13H2,1-2H3. The first-order chi connectivity index (χ1) is 7.66. The Labute approximate surface area is 97.1 Å². The van der Waals surface area contributed by atoms with E-state index in [0.29, 0.717) is 6.04 Å². The van der Waals surface area contributed by atoms with Crippen LogP contribution in [0.3, 0.4) is 0 Å². The van der Waals surface area contributed by atoms with Gasteiger partial charge in [0.1, 0.15) is 5.82 Å². The van der Waals surface area contributed by atoms with Crippen molar-refractivity contribution in [3.8, 4) is 0 Å². The number of nitrogens with two attached hydrogens (primary N) is 1. The van der Waals surface area contributed by atoms with Gasteiger partial charge in [-0.25, -0.2) is 4.98 Å². The van der Waals surface area contributed by atoms with Crippen LogP contribution in [0.4, 0.5) is 11.5 Å². The van der Waals surface area contributed by atoms with Gasteiger partial charge in [-0.2, -0.15) is 0 Å². The maximum absolute atomic E-state index is 5.97. The lowest BCUT2D eigenvalue weighted by Gasteiger charge is -2.32. The third-order valence-electron chi connectivity index (χ3n) is 3.01. The molecule has 4 nitrogen and oxygen atoms in total. The predicted molar refractivity (Wildman–Crippen MR) is 68.0 cm³/mol. The van der Waals surface area contributed by atoms with Crippen LogP contribution in [0.5, 0.6) is 0 Å². The molecule has 0 aromatic carbocycles. The topological polar surface area (TPSA) is 45.4 Å². The summed E-state index contributed by atoms with van der Waals surface area (Å²) in [7, 11) is 4.00. The molecule has 1 aromatic heterocycles. The second-order valence-electron chi connectivity index (χ2n) is 4.62. The Morgan fingerprint density at radius 1 is 1.44 bits per heavy atom. The van der Waals surface area contributed by atoms with Gasteiger partial charge in [-0.05, 0) is 25.0 Å². The first-order valence-electron chi connectivity index (χ1n) is 5.81. The van der Waals surface area contributed by atoms with Gasteiger partial charge < -0.3 is 15.5 Å². The van der Waals surface area contributed by atoms with E-state index in [1.165, 1.54) is 12.1 Å². The lowest BCUT2D eigenvalue weighted by Crippen LogP contribution is -2.42. The number of hydrogen-bond acceptors (Lipinski definition) is 4. The summed E-state index contributed by atoms with van der Waals surface area (Å²) >= 11 is 0. The van der Waals surface area contributed by atoms with Gasteiger partial charge in [0.05, 0.1) is 11.9 Å². The van der Waals surface area contributed by atoms with Gasteiger partial charge in [0.25, 0.3) is 0 Å². The quantitative estimate of drug-likeness (QED) is 0.810. The van der Waals surface area contributed by atoms with Crippen LogP contribution in [-0.2, 0) is 0 Å². The number of nitrogens with zero attached hydrogens (tertiary/aromatic N) is 3. The highest BCUT2D eigenvalue weighted by atomic mass is 15.2. The Balaban J connectivity index is 2.09. The molecule has 4 heteroatoms. The van der Waals surface area contributed by atoms with Crippen LogP contribution in [0.1, 0.15) is 12.8 Å². The van der Waals surface area contributed by atoms with Gasteiger partial charge in [0.15, 0.2) is 0 Å². The molecule has 1 saturated heterocycles. The summed E-state index contributed by atoms with van der Waals surface area (Å²) in [5.74, 6) is 0.991. The van der Waals surface area contributed by atoms with Gasteiger partial charge in [-0.15, -0.1) is 0 Å². The summed E-state index contributed by atoms with van der Waals surface area (Å²) in [5, 5.41) is 0. The van der Waals surface area contributed by atoms with Gasteiger partial charge >= 0.3 is 0 Å². The molecule has 1 atom stereocenters. The first kappa shape index (κ1) is 11.2. The van der Waals surface area contributed by atoms with Crippen molar-refractivity contribution in [2.45, 2.75) is 18.9 Å². The minimum Gasteiger partial charge on any atom is -0.369 e. The number of piperidine rings is 1. The van der Waals surface area contributed by atoms with Crippen molar-refractivity contribution in [2.24, 2.45) is 5.73 Å². The number of hydrogen-bond donors (Lipinski definition) is 1.